The topological polar surface area (TPSA) is 92.5 Å². The molecule has 3 amide bonds. The summed E-state index contributed by atoms with van der Waals surface area (Å²) in [6.07, 6.45) is 0.560. The van der Waals surface area contributed by atoms with Crippen LogP contribution in [0.2, 0.25) is 0 Å². The third-order valence-electron chi connectivity index (χ3n) is 4.28. The van der Waals surface area contributed by atoms with Gasteiger partial charge in [0.2, 0.25) is 11.8 Å². The zero-order valence-electron chi connectivity index (χ0n) is 11.6. The van der Waals surface area contributed by atoms with Crippen LogP contribution in [0, 0.1) is 0 Å². The lowest BCUT2D eigenvalue weighted by Crippen LogP contribution is -2.53. The molecule has 1 unspecified atom stereocenters. The molecule has 6 heteroatoms. The predicted molar refractivity (Wildman–Crippen MR) is 81.3 cm³/mol. The first-order valence-corrected chi connectivity index (χ1v) is 7.06. The van der Waals surface area contributed by atoms with Gasteiger partial charge in [-0.05, 0) is 24.6 Å². The Labute approximate surface area is 125 Å². The minimum absolute atomic E-state index is 0.222. The van der Waals surface area contributed by atoms with Gasteiger partial charge in [0.25, 0.3) is 5.91 Å². The van der Waals surface area contributed by atoms with Crippen LogP contribution in [0.4, 0.5) is 11.4 Å². The summed E-state index contributed by atoms with van der Waals surface area (Å²) in [6, 6.07) is 8.21. The van der Waals surface area contributed by atoms with E-state index in [9.17, 15) is 14.4 Å². The van der Waals surface area contributed by atoms with Crippen molar-refractivity contribution in [2.75, 3.05) is 10.6 Å². The Hall–Kier alpha value is -2.89. The number of anilines is 2. The largest absolute Gasteiger partial charge is 0.398 e. The van der Waals surface area contributed by atoms with Crippen LogP contribution in [-0.4, -0.2) is 23.8 Å². The van der Waals surface area contributed by atoms with Crippen molar-refractivity contribution in [1.82, 2.24) is 5.32 Å². The highest BCUT2D eigenvalue weighted by molar-refractivity contribution is 6.28. The first kappa shape index (κ1) is 12.8. The van der Waals surface area contributed by atoms with Crippen LogP contribution in [0.15, 0.2) is 30.3 Å². The molecule has 1 saturated heterocycles. The number of piperidine rings is 1. The molecule has 0 radical (unpaired) electrons. The summed E-state index contributed by atoms with van der Waals surface area (Å²) >= 11 is 0. The van der Waals surface area contributed by atoms with E-state index >= 15 is 0 Å². The average Bonchev–Trinajstić information content (AvgIpc) is 2.77. The number of carbonyl (C=O) groups excluding carboxylic acids is 3. The number of imide groups is 1. The molecule has 110 valence electrons. The van der Waals surface area contributed by atoms with E-state index < -0.39 is 11.9 Å². The molecule has 22 heavy (non-hydrogen) atoms. The molecule has 0 spiro atoms. The molecule has 3 N–H and O–H groups in total. The van der Waals surface area contributed by atoms with Gasteiger partial charge in [-0.15, -0.1) is 0 Å². The first-order chi connectivity index (χ1) is 10.6. The second-order valence-electron chi connectivity index (χ2n) is 5.54. The van der Waals surface area contributed by atoms with Gasteiger partial charge in [0.1, 0.15) is 6.04 Å². The number of amides is 3. The zero-order valence-corrected chi connectivity index (χ0v) is 11.6. The Morgan fingerprint density at radius 2 is 1.95 bits per heavy atom. The lowest BCUT2D eigenvalue weighted by Gasteiger charge is -2.30. The van der Waals surface area contributed by atoms with Crippen molar-refractivity contribution in [2.24, 2.45) is 0 Å². The molecule has 2 aliphatic rings. The van der Waals surface area contributed by atoms with Crippen LogP contribution >= 0.6 is 0 Å². The van der Waals surface area contributed by atoms with Gasteiger partial charge in [-0.2, -0.15) is 0 Å². The Morgan fingerprint density at radius 1 is 1.14 bits per heavy atom. The van der Waals surface area contributed by atoms with E-state index in [4.69, 9.17) is 5.73 Å². The van der Waals surface area contributed by atoms with Gasteiger partial charge >= 0.3 is 0 Å². The Kier molecular flexibility index (Phi) is 2.51. The van der Waals surface area contributed by atoms with Crippen molar-refractivity contribution < 1.29 is 14.4 Å². The highest BCUT2D eigenvalue weighted by Gasteiger charge is 2.40. The van der Waals surface area contributed by atoms with Crippen molar-refractivity contribution in [2.45, 2.75) is 18.9 Å². The minimum Gasteiger partial charge on any atom is -0.398 e. The number of benzene rings is 2. The highest BCUT2D eigenvalue weighted by atomic mass is 16.2. The minimum atomic E-state index is -0.663. The molecule has 0 aromatic heterocycles. The molecular weight excluding hydrogens is 282 g/mol. The van der Waals surface area contributed by atoms with Crippen LogP contribution in [0.1, 0.15) is 23.2 Å². The van der Waals surface area contributed by atoms with Gasteiger partial charge in [-0.1, -0.05) is 12.1 Å². The fraction of sp³-hybridized carbons (Fsp3) is 0.188. The maximum atomic E-state index is 12.7. The lowest BCUT2D eigenvalue weighted by molar-refractivity contribution is -0.134. The van der Waals surface area contributed by atoms with Gasteiger partial charge in [0, 0.05) is 22.9 Å². The summed E-state index contributed by atoms with van der Waals surface area (Å²) in [5, 5.41) is 3.88. The number of carbonyl (C=O) groups is 3. The van der Waals surface area contributed by atoms with Crippen molar-refractivity contribution in [3.8, 4) is 0 Å². The van der Waals surface area contributed by atoms with E-state index in [2.05, 4.69) is 5.32 Å². The van der Waals surface area contributed by atoms with Crippen molar-refractivity contribution in [1.29, 1.82) is 0 Å². The zero-order chi connectivity index (χ0) is 15.4. The quantitative estimate of drug-likeness (QED) is 0.610. The number of nitrogen functional groups attached to an aromatic ring is 1. The van der Waals surface area contributed by atoms with E-state index in [0.29, 0.717) is 23.4 Å². The van der Waals surface area contributed by atoms with Crippen LogP contribution in [0.3, 0.4) is 0 Å². The third-order valence-corrected chi connectivity index (χ3v) is 4.28. The fourth-order valence-electron chi connectivity index (χ4n) is 3.27. The molecule has 0 aliphatic carbocycles. The second-order valence-corrected chi connectivity index (χ2v) is 5.54. The monoisotopic (exact) mass is 295 g/mol. The van der Waals surface area contributed by atoms with Gasteiger partial charge in [-0.3, -0.25) is 24.6 Å². The smallest absolute Gasteiger partial charge is 0.259 e. The van der Waals surface area contributed by atoms with Gasteiger partial charge in [0.05, 0.1) is 11.3 Å². The molecule has 6 nitrogen and oxygen atoms in total. The standard InChI is InChI=1S/C16H13N3O3/c17-10-5-4-9-14-8(10)2-1-3-11(14)19(16(9)22)12-6-7-13(20)18-15(12)21/h1-5,12H,6-7,17H2,(H,18,20,21). The summed E-state index contributed by atoms with van der Waals surface area (Å²) < 4.78 is 0. The molecule has 0 saturated carbocycles. The summed E-state index contributed by atoms with van der Waals surface area (Å²) in [5.74, 6) is -0.948. The summed E-state index contributed by atoms with van der Waals surface area (Å²) in [7, 11) is 0. The van der Waals surface area contributed by atoms with Crippen LogP contribution in [0.5, 0.6) is 0 Å². The van der Waals surface area contributed by atoms with Crippen LogP contribution in [-0.2, 0) is 9.59 Å². The first-order valence-electron chi connectivity index (χ1n) is 7.06. The van der Waals surface area contributed by atoms with Gasteiger partial charge < -0.3 is 5.73 Å². The van der Waals surface area contributed by atoms with Crippen molar-refractivity contribution >= 4 is 39.9 Å². The second kappa shape index (κ2) is 4.30. The van der Waals surface area contributed by atoms with Crippen molar-refractivity contribution in [3.63, 3.8) is 0 Å². The molecule has 2 aromatic rings. The van der Waals surface area contributed by atoms with E-state index in [-0.39, 0.29) is 18.2 Å². The number of hydrogen-bond acceptors (Lipinski definition) is 4. The van der Waals surface area contributed by atoms with Crippen LogP contribution < -0.4 is 16.0 Å². The van der Waals surface area contributed by atoms with E-state index in [1.807, 2.05) is 12.1 Å². The maximum absolute atomic E-state index is 12.7. The molecule has 2 aliphatic heterocycles. The van der Waals surface area contributed by atoms with Crippen LogP contribution in [0.25, 0.3) is 10.8 Å². The SMILES string of the molecule is Nc1ccc2c3c(cccc13)N(C1CCC(=O)NC1=O)C2=O. The Morgan fingerprint density at radius 3 is 2.73 bits per heavy atom. The summed E-state index contributed by atoms with van der Waals surface area (Å²) in [6.45, 7) is 0. The Balaban J connectivity index is 1.89. The molecule has 0 bridgehead atoms. The van der Waals surface area contributed by atoms with E-state index in [1.54, 1.807) is 18.2 Å². The van der Waals surface area contributed by atoms with E-state index in [0.717, 1.165) is 10.8 Å². The third kappa shape index (κ3) is 1.57. The number of nitrogens with zero attached hydrogens (tertiary/aromatic N) is 1. The lowest BCUT2D eigenvalue weighted by atomic mass is 10.0. The van der Waals surface area contributed by atoms with E-state index in [1.165, 1.54) is 4.90 Å². The van der Waals surface area contributed by atoms with Gasteiger partial charge in [-0.25, -0.2) is 0 Å². The van der Waals surface area contributed by atoms with Crippen molar-refractivity contribution in [3.05, 3.63) is 35.9 Å². The average molecular weight is 295 g/mol. The number of nitrogens with one attached hydrogen (secondary N) is 1. The Bertz CT molecular complexity index is 859. The molecular formula is C16H13N3O3. The van der Waals surface area contributed by atoms with Gasteiger partial charge in [0.15, 0.2) is 0 Å². The molecule has 1 atom stereocenters. The fourth-order valence-corrected chi connectivity index (χ4v) is 3.27. The summed E-state index contributed by atoms with van der Waals surface area (Å²) in [4.78, 5) is 37.7. The highest BCUT2D eigenvalue weighted by Crippen LogP contribution is 2.41. The number of rotatable bonds is 1. The predicted octanol–water partition coefficient (Wildman–Crippen LogP) is 1.19. The molecule has 2 aromatic carbocycles. The number of nitrogens with two attached hydrogens (primary N) is 1. The number of hydrogen-bond donors (Lipinski definition) is 2. The molecule has 1 fully saturated rings. The normalized spacial score (nSPS) is 20.6. The summed E-state index contributed by atoms with van der Waals surface area (Å²) in [5.41, 5.74) is 7.80. The molecule has 2 heterocycles. The maximum Gasteiger partial charge on any atom is 0.259 e. The molecule has 4 rings (SSSR count).